The Morgan fingerprint density at radius 2 is 1.62 bits per heavy atom. The highest BCUT2D eigenvalue weighted by Gasteiger charge is 2.17. The van der Waals surface area contributed by atoms with E-state index in [1.54, 1.807) is 18.2 Å². The van der Waals surface area contributed by atoms with Crippen LogP contribution in [0.2, 0.25) is 0 Å². The number of rotatable bonds is 5. The fourth-order valence-electron chi connectivity index (χ4n) is 2.07. The molecule has 5 heteroatoms. The van der Waals surface area contributed by atoms with Crippen LogP contribution in [-0.4, -0.2) is 14.2 Å². The summed E-state index contributed by atoms with van der Waals surface area (Å²) in [6.07, 6.45) is 0.0511. The number of methoxy groups -OCH3 is 2. The third-order valence-corrected chi connectivity index (χ3v) is 3.62. The third-order valence-electron chi connectivity index (χ3n) is 3.21. The fourth-order valence-corrected chi connectivity index (χ4v) is 2.36. The number of hydrogen-bond donors (Lipinski definition) is 0. The Bertz CT molecular complexity index is 611. The smallest absolute Gasteiger partial charge is 0.161 e. The van der Waals surface area contributed by atoms with Gasteiger partial charge in [-0.15, -0.1) is 11.6 Å². The minimum Gasteiger partial charge on any atom is -0.493 e. The molecule has 0 aliphatic carbocycles. The Balaban J connectivity index is 2.26. The molecule has 0 amide bonds. The van der Waals surface area contributed by atoms with Crippen molar-refractivity contribution in [2.45, 2.75) is 11.8 Å². The van der Waals surface area contributed by atoms with Crippen LogP contribution in [0, 0.1) is 11.6 Å². The maximum Gasteiger partial charge on any atom is 0.161 e. The molecule has 0 fully saturated rings. The van der Waals surface area contributed by atoms with Crippen molar-refractivity contribution >= 4 is 11.6 Å². The van der Waals surface area contributed by atoms with Crippen LogP contribution in [0.5, 0.6) is 11.5 Å². The lowest BCUT2D eigenvalue weighted by atomic mass is 10.0. The standard InChI is InChI=1S/C16H15ClF2O2/c1-20-15-7-6-10(8-16(15)21-2)12(17)9-11-13(18)4-3-5-14(11)19/h3-8,12H,9H2,1-2H3. The Labute approximate surface area is 127 Å². The summed E-state index contributed by atoms with van der Waals surface area (Å²) in [5, 5.41) is -0.573. The lowest BCUT2D eigenvalue weighted by Crippen LogP contribution is -2.02. The van der Waals surface area contributed by atoms with Gasteiger partial charge in [-0.1, -0.05) is 12.1 Å². The van der Waals surface area contributed by atoms with Crippen molar-refractivity contribution in [1.29, 1.82) is 0 Å². The minimum absolute atomic E-state index is 0.0210. The summed E-state index contributed by atoms with van der Waals surface area (Å²) in [4.78, 5) is 0. The molecule has 0 N–H and O–H groups in total. The molecule has 2 aromatic carbocycles. The normalized spacial score (nSPS) is 12.0. The zero-order valence-electron chi connectivity index (χ0n) is 11.7. The molecule has 2 nitrogen and oxygen atoms in total. The molecular weight excluding hydrogens is 298 g/mol. The second-order valence-electron chi connectivity index (χ2n) is 4.49. The molecule has 1 atom stereocenters. The van der Waals surface area contributed by atoms with Crippen molar-refractivity contribution in [1.82, 2.24) is 0 Å². The molecule has 2 aromatic rings. The Hall–Kier alpha value is -1.81. The van der Waals surface area contributed by atoms with E-state index in [0.29, 0.717) is 17.1 Å². The van der Waals surface area contributed by atoms with E-state index in [2.05, 4.69) is 0 Å². The van der Waals surface area contributed by atoms with Gasteiger partial charge in [-0.3, -0.25) is 0 Å². The van der Waals surface area contributed by atoms with Crippen molar-refractivity contribution in [3.63, 3.8) is 0 Å². The van der Waals surface area contributed by atoms with E-state index < -0.39 is 17.0 Å². The lowest BCUT2D eigenvalue weighted by molar-refractivity contribution is 0.354. The quantitative estimate of drug-likeness (QED) is 0.757. The first-order valence-electron chi connectivity index (χ1n) is 6.35. The van der Waals surface area contributed by atoms with Crippen molar-refractivity contribution in [3.8, 4) is 11.5 Å². The van der Waals surface area contributed by atoms with Gasteiger partial charge >= 0.3 is 0 Å². The molecule has 0 heterocycles. The maximum atomic E-state index is 13.6. The van der Waals surface area contributed by atoms with Crippen LogP contribution >= 0.6 is 11.6 Å². The molecule has 2 rings (SSSR count). The first-order valence-corrected chi connectivity index (χ1v) is 6.79. The zero-order valence-corrected chi connectivity index (χ0v) is 12.5. The van der Waals surface area contributed by atoms with E-state index in [1.807, 2.05) is 0 Å². The van der Waals surface area contributed by atoms with Gasteiger partial charge in [0.05, 0.1) is 19.6 Å². The largest absolute Gasteiger partial charge is 0.493 e. The number of alkyl halides is 1. The molecular formula is C16H15ClF2O2. The maximum absolute atomic E-state index is 13.6. The average molecular weight is 313 g/mol. The van der Waals surface area contributed by atoms with Gasteiger partial charge in [0.25, 0.3) is 0 Å². The van der Waals surface area contributed by atoms with Crippen molar-refractivity contribution in [2.24, 2.45) is 0 Å². The van der Waals surface area contributed by atoms with E-state index in [0.717, 1.165) is 0 Å². The Morgan fingerprint density at radius 3 is 2.19 bits per heavy atom. The summed E-state index contributed by atoms with van der Waals surface area (Å²) in [5.74, 6) is -0.0981. The van der Waals surface area contributed by atoms with E-state index in [1.165, 1.54) is 32.4 Å². The molecule has 0 aliphatic heterocycles. The SMILES string of the molecule is COc1ccc(C(Cl)Cc2c(F)cccc2F)cc1OC. The summed E-state index contributed by atoms with van der Waals surface area (Å²) in [7, 11) is 3.05. The third kappa shape index (κ3) is 3.45. The Kier molecular flexibility index (Phi) is 5.02. The van der Waals surface area contributed by atoms with E-state index in [-0.39, 0.29) is 12.0 Å². The van der Waals surface area contributed by atoms with E-state index in [4.69, 9.17) is 21.1 Å². The van der Waals surface area contributed by atoms with Gasteiger partial charge in [-0.2, -0.15) is 0 Å². The lowest BCUT2D eigenvalue weighted by Gasteiger charge is -2.14. The van der Waals surface area contributed by atoms with Crippen LogP contribution in [0.4, 0.5) is 8.78 Å². The molecule has 21 heavy (non-hydrogen) atoms. The van der Waals surface area contributed by atoms with Crippen LogP contribution < -0.4 is 9.47 Å². The molecule has 112 valence electrons. The summed E-state index contributed by atoms with van der Waals surface area (Å²) in [6.45, 7) is 0. The van der Waals surface area contributed by atoms with Gasteiger partial charge in [-0.05, 0) is 36.2 Å². The Morgan fingerprint density at radius 1 is 1.00 bits per heavy atom. The second kappa shape index (κ2) is 6.76. The van der Waals surface area contributed by atoms with Gasteiger partial charge in [0.2, 0.25) is 0 Å². The van der Waals surface area contributed by atoms with E-state index >= 15 is 0 Å². The van der Waals surface area contributed by atoms with Crippen molar-refractivity contribution < 1.29 is 18.3 Å². The van der Waals surface area contributed by atoms with Crippen LogP contribution in [0.15, 0.2) is 36.4 Å². The van der Waals surface area contributed by atoms with Crippen LogP contribution in [0.1, 0.15) is 16.5 Å². The highest BCUT2D eigenvalue weighted by molar-refractivity contribution is 6.21. The van der Waals surface area contributed by atoms with Gasteiger partial charge in [0, 0.05) is 5.56 Å². The molecule has 0 spiro atoms. The molecule has 0 radical (unpaired) electrons. The number of hydrogen-bond acceptors (Lipinski definition) is 2. The first kappa shape index (κ1) is 15.6. The number of ether oxygens (including phenoxy) is 2. The molecule has 0 aromatic heterocycles. The van der Waals surface area contributed by atoms with Gasteiger partial charge < -0.3 is 9.47 Å². The van der Waals surface area contributed by atoms with Crippen LogP contribution in [0.3, 0.4) is 0 Å². The number of halogens is 3. The topological polar surface area (TPSA) is 18.5 Å². The van der Waals surface area contributed by atoms with Crippen LogP contribution in [0.25, 0.3) is 0 Å². The molecule has 0 aliphatic rings. The molecule has 0 saturated heterocycles. The number of benzene rings is 2. The zero-order chi connectivity index (χ0) is 15.4. The van der Waals surface area contributed by atoms with Crippen molar-refractivity contribution in [2.75, 3.05) is 14.2 Å². The predicted octanol–water partition coefficient (Wildman–Crippen LogP) is 4.50. The minimum atomic E-state index is -0.596. The fraction of sp³-hybridized carbons (Fsp3) is 0.250. The van der Waals surface area contributed by atoms with E-state index in [9.17, 15) is 8.78 Å². The first-order chi connectivity index (χ1) is 10.1. The van der Waals surface area contributed by atoms with Crippen LogP contribution in [-0.2, 0) is 6.42 Å². The predicted molar refractivity (Wildman–Crippen MR) is 78.2 cm³/mol. The highest BCUT2D eigenvalue weighted by atomic mass is 35.5. The monoisotopic (exact) mass is 312 g/mol. The second-order valence-corrected chi connectivity index (χ2v) is 5.01. The average Bonchev–Trinajstić information content (AvgIpc) is 2.50. The van der Waals surface area contributed by atoms with Crippen molar-refractivity contribution in [3.05, 3.63) is 59.2 Å². The van der Waals surface area contributed by atoms with Gasteiger partial charge in [-0.25, -0.2) is 8.78 Å². The summed E-state index contributed by atoms with van der Waals surface area (Å²) >= 11 is 6.28. The summed E-state index contributed by atoms with van der Waals surface area (Å²) in [5.41, 5.74) is 0.684. The summed E-state index contributed by atoms with van der Waals surface area (Å²) in [6, 6.07) is 8.93. The molecule has 0 saturated carbocycles. The summed E-state index contributed by atoms with van der Waals surface area (Å²) < 4.78 is 37.6. The highest BCUT2D eigenvalue weighted by Crippen LogP contribution is 2.34. The molecule has 1 unspecified atom stereocenters. The van der Waals surface area contributed by atoms with Gasteiger partial charge in [0.15, 0.2) is 11.5 Å². The molecule has 0 bridgehead atoms. The van der Waals surface area contributed by atoms with Gasteiger partial charge in [0.1, 0.15) is 11.6 Å².